The van der Waals surface area contributed by atoms with E-state index in [-0.39, 0.29) is 5.91 Å². The van der Waals surface area contributed by atoms with Crippen LogP contribution < -0.4 is 0 Å². The minimum atomic E-state index is -0.911. The normalized spacial score (nSPS) is 17.6. The maximum absolute atomic E-state index is 11.8. The lowest BCUT2D eigenvalue weighted by Crippen LogP contribution is -2.50. The van der Waals surface area contributed by atoms with Crippen LogP contribution in [0.25, 0.3) is 10.6 Å². The Labute approximate surface area is 133 Å². The van der Waals surface area contributed by atoms with E-state index in [4.69, 9.17) is 0 Å². The van der Waals surface area contributed by atoms with Crippen LogP contribution in [0.15, 0.2) is 23.7 Å². The number of aliphatic hydroxyl groups is 1. The summed E-state index contributed by atoms with van der Waals surface area (Å²) >= 11 is 1.69. The Hall–Kier alpha value is -1.70. The highest BCUT2D eigenvalue weighted by molar-refractivity contribution is 7.13. The van der Waals surface area contributed by atoms with Crippen LogP contribution in [0.2, 0.25) is 0 Å². The van der Waals surface area contributed by atoms with E-state index < -0.39 is 6.10 Å². The molecule has 0 bridgehead atoms. The number of carbonyl (C=O) groups is 1. The van der Waals surface area contributed by atoms with E-state index in [9.17, 15) is 9.90 Å². The Morgan fingerprint density at radius 1 is 1.45 bits per heavy atom. The quantitative estimate of drug-likeness (QED) is 0.887. The summed E-state index contributed by atoms with van der Waals surface area (Å²) in [7, 11) is 0. The van der Waals surface area contributed by atoms with Crippen LogP contribution in [0.5, 0.6) is 0 Å². The number of aliphatic hydroxyl groups excluding tert-OH is 1. The Balaban J connectivity index is 1.60. The molecule has 3 heterocycles. The maximum Gasteiger partial charge on any atom is 0.251 e. The molecule has 1 amide bonds. The van der Waals surface area contributed by atoms with Crippen LogP contribution in [0.4, 0.5) is 0 Å². The summed E-state index contributed by atoms with van der Waals surface area (Å²) < 4.78 is 0. The van der Waals surface area contributed by atoms with Gasteiger partial charge in [0.05, 0.1) is 16.8 Å². The zero-order chi connectivity index (χ0) is 15.5. The molecule has 2 aromatic heterocycles. The molecule has 0 aromatic carbocycles. The van der Waals surface area contributed by atoms with E-state index in [0.29, 0.717) is 13.1 Å². The molecule has 0 radical (unpaired) electrons. The van der Waals surface area contributed by atoms with Gasteiger partial charge in [0.2, 0.25) is 0 Å². The van der Waals surface area contributed by atoms with E-state index >= 15 is 0 Å². The van der Waals surface area contributed by atoms with Gasteiger partial charge in [0.25, 0.3) is 5.91 Å². The molecular weight excluding hydrogens is 300 g/mol. The summed E-state index contributed by atoms with van der Waals surface area (Å²) in [5, 5.41) is 18.7. The Kier molecular flexibility index (Phi) is 4.56. The van der Waals surface area contributed by atoms with Crippen LogP contribution in [0.1, 0.15) is 12.5 Å². The highest BCUT2D eigenvalue weighted by Crippen LogP contribution is 2.26. The van der Waals surface area contributed by atoms with Crippen molar-refractivity contribution in [1.82, 2.24) is 20.0 Å². The number of thiophene rings is 1. The van der Waals surface area contributed by atoms with Crippen molar-refractivity contribution in [2.45, 2.75) is 19.6 Å². The summed E-state index contributed by atoms with van der Waals surface area (Å²) in [6.07, 6.45) is 0.966. The molecule has 7 heteroatoms. The van der Waals surface area contributed by atoms with Gasteiger partial charge >= 0.3 is 0 Å². The Morgan fingerprint density at radius 3 is 2.86 bits per heavy atom. The SMILES string of the molecule is CC(O)C(=O)N1CCN(Cc2cn[nH]c2-c2cccs2)CC1. The predicted octanol–water partition coefficient (Wildman–Crippen LogP) is 1.16. The lowest BCUT2D eigenvalue weighted by atomic mass is 10.2. The molecule has 118 valence electrons. The first-order valence-corrected chi connectivity index (χ1v) is 8.28. The first kappa shape index (κ1) is 15.2. The second kappa shape index (κ2) is 6.60. The molecule has 1 aliphatic heterocycles. The van der Waals surface area contributed by atoms with E-state index in [1.807, 2.05) is 12.3 Å². The topological polar surface area (TPSA) is 72.5 Å². The van der Waals surface area contributed by atoms with Crippen molar-refractivity contribution in [2.24, 2.45) is 0 Å². The van der Waals surface area contributed by atoms with Crippen molar-refractivity contribution in [3.05, 3.63) is 29.3 Å². The van der Waals surface area contributed by atoms with E-state index in [0.717, 1.165) is 25.3 Å². The number of aromatic amines is 1. The number of aromatic nitrogens is 2. The zero-order valence-corrected chi connectivity index (χ0v) is 13.3. The molecule has 3 rings (SSSR count). The summed E-state index contributed by atoms with van der Waals surface area (Å²) in [6.45, 7) is 5.29. The monoisotopic (exact) mass is 320 g/mol. The van der Waals surface area contributed by atoms with Crippen molar-refractivity contribution in [3.63, 3.8) is 0 Å². The number of rotatable bonds is 4. The summed E-state index contributed by atoms with van der Waals surface area (Å²) in [6, 6.07) is 4.12. The van der Waals surface area contributed by atoms with Gasteiger partial charge in [-0.25, -0.2) is 0 Å². The fourth-order valence-electron chi connectivity index (χ4n) is 2.70. The van der Waals surface area contributed by atoms with Crippen molar-refractivity contribution < 1.29 is 9.90 Å². The minimum absolute atomic E-state index is 0.178. The van der Waals surface area contributed by atoms with Crippen molar-refractivity contribution >= 4 is 17.2 Å². The van der Waals surface area contributed by atoms with Gasteiger partial charge in [-0.05, 0) is 18.4 Å². The number of hydrogen-bond donors (Lipinski definition) is 2. The molecule has 6 nitrogen and oxygen atoms in total. The standard InChI is InChI=1S/C15H20N4O2S/c1-11(20)15(21)19-6-4-18(5-7-19)10-12-9-16-17-14(12)13-3-2-8-22-13/h2-3,8-9,11,20H,4-7,10H2,1H3,(H,16,17). The highest BCUT2D eigenvalue weighted by Gasteiger charge is 2.24. The summed E-state index contributed by atoms with van der Waals surface area (Å²) in [5.41, 5.74) is 2.26. The first-order chi connectivity index (χ1) is 10.6. The van der Waals surface area contributed by atoms with Gasteiger partial charge in [0.15, 0.2) is 0 Å². The minimum Gasteiger partial charge on any atom is -0.384 e. The Bertz CT molecular complexity index is 615. The average Bonchev–Trinajstić information content (AvgIpc) is 3.18. The fraction of sp³-hybridized carbons (Fsp3) is 0.467. The second-order valence-corrected chi connectivity index (χ2v) is 6.47. The number of piperazine rings is 1. The van der Waals surface area contributed by atoms with E-state index in [1.165, 1.54) is 17.4 Å². The second-order valence-electron chi connectivity index (χ2n) is 5.52. The number of H-pyrrole nitrogens is 1. The number of hydrogen-bond acceptors (Lipinski definition) is 5. The first-order valence-electron chi connectivity index (χ1n) is 7.40. The van der Waals surface area contributed by atoms with Gasteiger partial charge in [-0.2, -0.15) is 5.10 Å². The smallest absolute Gasteiger partial charge is 0.251 e. The summed E-state index contributed by atoms with van der Waals surface area (Å²) in [4.78, 5) is 17.0. The van der Waals surface area contributed by atoms with Crippen LogP contribution in [-0.2, 0) is 11.3 Å². The molecule has 2 N–H and O–H groups in total. The maximum atomic E-state index is 11.8. The van der Waals surface area contributed by atoms with Gasteiger partial charge in [-0.15, -0.1) is 11.3 Å². The van der Waals surface area contributed by atoms with Crippen molar-refractivity contribution in [2.75, 3.05) is 26.2 Å². The largest absolute Gasteiger partial charge is 0.384 e. The molecule has 1 fully saturated rings. The number of nitrogens with one attached hydrogen (secondary N) is 1. The molecule has 0 spiro atoms. The van der Waals surface area contributed by atoms with Crippen LogP contribution in [-0.4, -0.2) is 63.3 Å². The molecule has 2 aromatic rings. The van der Waals surface area contributed by atoms with E-state index in [2.05, 4.69) is 26.5 Å². The van der Waals surface area contributed by atoms with Crippen LogP contribution >= 0.6 is 11.3 Å². The third kappa shape index (κ3) is 3.21. The van der Waals surface area contributed by atoms with Crippen LogP contribution in [0, 0.1) is 0 Å². The van der Waals surface area contributed by atoms with Crippen molar-refractivity contribution in [1.29, 1.82) is 0 Å². The van der Waals surface area contributed by atoms with Gasteiger partial charge in [-0.3, -0.25) is 14.8 Å². The van der Waals surface area contributed by atoms with Gasteiger partial charge in [0, 0.05) is 38.3 Å². The molecular formula is C15H20N4O2S. The molecule has 1 unspecified atom stereocenters. The highest BCUT2D eigenvalue weighted by atomic mass is 32.1. The fourth-order valence-corrected chi connectivity index (χ4v) is 3.45. The molecule has 1 atom stereocenters. The number of carbonyl (C=O) groups excluding carboxylic acids is 1. The molecule has 1 aliphatic rings. The van der Waals surface area contributed by atoms with Gasteiger partial charge in [-0.1, -0.05) is 6.07 Å². The third-order valence-corrected chi connectivity index (χ3v) is 4.81. The molecule has 1 saturated heterocycles. The molecule has 22 heavy (non-hydrogen) atoms. The molecule has 0 saturated carbocycles. The number of nitrogens with zero attached hydrogens (tertiary/aromatic N) is 3. The van der Waals surface area contributed by atoms with Crippen molar-refractivity contribution in [3.8, 4) is 10.6 Å². The lowest BCUT2D eigenvalue weighted by Gasteiger charge is -2.35. The molecule has 0 aliphatic carbocycles. The van der Waals surface area contributed by atoms with E-state index in [1.54, 1.807) is 16.2 Å². The zero-order valence-electron chi connectivity index (χ0n) is 12.5. The van der Waals surface area contributed by atoms with Gasteiger partial charge < -0.3 is 10.0 Å². The third-order valence-electron chi connectivity index (χ3n) is 3.92. The predicted molar refractivity (Wildman–Crippen MR) is 85.4 cm³/mol. The van der Waals surface area contributed by atoms with Crippen LogP contribution in [0.3, 0.4) is 0 Å². The number of amides is 1. The average molecular weight is 320 g/mol. The van der Waals surface area contributed by atoms with Gasteiger partial charge in [0.1, 0.15) is 6.10 Å². The Morgan fingerprint density at radius 2 is 2.23 bits per heavy atom. The summed E-state index contributed by atoms with van der Waals surface area (Å²) in [5.74, 6) is -0.178. The lowest BCUT2D eigenvalue weighted by molar-refractivity contribution is -0.141.